The van der Waals surface area contributed by atoms with Gasteiger partial charge in [-0.3, -0.25) is 19.5 Å². The zero-order valence-corrected chi connectivity index (χ0v) is 31.1. The van der Waals surface area contributed by atoms with E-state index < -0.39 is 41.2 Å². The summed E-state index contributed by atoms with van der Waals surface area (Å²) in [7, 11) is 0. The number of carbonyl (C=O) groups excluding carboxylic acids is 4. The van der Waals surface area contributed by atoms with Gasteiger partial charge in [0.15, 0.2) is 11.6 Å². The molecule has 2 aliphatic rings. The molecule has 0 spiro atoms. The molecular weight excluding hydrogens is 754 g/mol. The van der Waals surface area contributed by atoms with Gasteiger partial charge in [-0.25, -0.2) is 28.1 Å². The molecule has 2 fully saturated rings. The fourth-order valence-electron chi connectivity index (χ4n) is 6.96. The first kappa shape index (κ1) is 39.1. The summed E-state index contributed by atoms with van der Waals surface area (Å²) in [5.41, 5.74) is 0.398. The predicted molar refractivity (Wildman–Crippen MR) is 207 cm³/mol. The van der Waals surface area contributed by atoms with E-state index in [0.717, 1.165) is 11.6 Å². The van der Waals surface area contributed by atoms with Gasteiger partial charge in [0, 0.05) is 49.0 Å². The Balaban J connectivity index is 0.869. The van der Waals surface area contributed by atoms with Crippen molar-refractivity contribution < 1.29 is 42.2 Å². The Labute approximate surface area is 330 Å². The molecule has 5 aromatic rings. The van der Waals surface area contributed by atoms with Gasteiger partial charge in [-0.05, 0) is 91.8 Å². The van der Waals surface area contributed by atoms with Crippen molar-refractivity contribution in [1.82, 2.24) is 19.8 Å². The van der Waals surface area contributed by atoms with Crippen LogP contribution in [0.4, 0.5) is 29.9 Å². The summed E-state index contributed by atoms with van der Waals surface area (Å²) < 4.78 is 46.3. The van der Waals surface area contributed by atoms with Crippen LogP contribution in [0.3, 0.4) is 0 Å². The number of pyridine rings is 2. The fourth-order valence-corrected chi connectivity index (χ4v) is 6.96. The second kappa shape index (κ2) is 17.4. The summed E-state index contributed by atoms with van der Waals surface area (Å²) in [5, 5.41) is 7.76. The number of likely N-dealkylation sites (tertiary alicyclic amines) is 1. The number of hydrogen-bond acceptors (Lipinski definition) is 9. The third-order valence-corrected chi connectivity index (χ3v) is 9.86. The molecule has 3 unspecified atom stereocenters. The maximum Gasteiger partial charge on any atom is 0.408 e. The molecule has 0 bridgehead atoms. The first-order chi connectivity index (χ1) is 28.0. The molecule has 2 aromatic heterocycles. The lowest BCUT2D eigenvalue weighted by atomic mass is 10.0. The molecule has 58 heavy (non-hydrogen) atoms. The number of nitrogens with one attached hydrogen (secondary N) is 3. The highest BCUT2D eigenvalue weighted by atomic mass is 19.1. The maximum atomic E-state index is 15.2. The Morgan fingerprint density at radius 1 is 0.879 bits per heavy atom. The number of benzene rings is 3. The van der Waals surface area contributed by atoms with Crippen molar-refractivity contribution in [2.24, 2.45) is 11.8 Å². The van der Waals surface area contributed by atoms with Crippen LogP contribution in [0.5, 0.6) is 11.5 Å². The zero-order valence-electron chi connectivity index (χ0n) is 31.1. The predicted octanol–water partition coefficient (Wildman–Crippen LogP) is 6.66. The lowest BCUT2D eigenvalue weighted by molar-refractivity contribution is -0.151. The third kappa shape index (κ3) is 9.46. The maximum absolute atomic E-state index is 15.2. The molecule has 0 radical (unpaired) electrons. The van der Waals surface area contributed by atoms with Gasteiger partial charge in [-0.2, -0.15) is 0 Å². The van der Waals surface area contributed by atoms with E-state index >= 15 is 4.39 Å². The summed E-state index contributed by atoms with van der Waals surface area (Å²) in [4.78, 5) is 69.9. The van der Waals surface area contributed by atoms with Crippen LogP contribution in [-0.2, 0) is 20.9 Å². The normalized spacial score (nSPS) is 17.4. The molecular formula is C42H38F2N6O8. The van der Waals surface area contributed by atoms with Crippen molar-refractivity contribution in [3.8, 4) is 17.2 Å². The summed E-state index contributed by atoms with van der Waals surface area (Å²) in [5.74, 6) is -2.19. The second-order valence-corrected chi connectivity index (χ2v) is 14.0. The smallest absolute Gasteiger partial charge is 0.408 e. The molecule has 7 rings (SSSR count). The number of hydrogen-bond donors (Lipinski definition) is 3. The van der Waals surface area contributed by atoms with E-state index in [-0.39, 0.29) is 59.1 Å². The molecule has 3 N–H and O–H groups in total. The quantitative estimate of drug-likeness (QED) is 0.124. The molecule has 14 nitrogen and oxygen atoms in total. The van der Waals surface area contributed by atoms with Crippen molar-refractivity contribution in [2.45, 2.75) is 38.5 Å². The van der Waals surface area contributed by atoms with Crippen molar-refractivity contribution in [3.63, 3.8) is 0 Å². The van der Waals surface area contributed by atoms with Crippen molar-refractivity contribution >= 4 is 35.5 Å². The number of ether oxygens (including phenoxy) is 3. The van der Waals surface area contributed by atoms with Crippen LogP contribution in [0.15, 0.2) is 114 Å². The lowest BCUT2D eigenvalue weighted by Crippen LogP contribution is -2.41. The van der Waals surface area contributed by atoms with Crippen LogP contribution < -0.4 is 26.2 Å². The molecule has 298 valence electrons. The number of esters is 1. The van der Waals surface area contributed by atoms with Crippen molar-refractivity contribution in [3.05, 3.63) is 143 Å². The van der Waals surface area contributed by atoms with Gasteiger partial charge in [0.05, 0.1) is 0 Å². The minimum Gasteiger partial charge on any atom is -0.461 e. The summed E-state index contributed by atoms with van der Waals surface area (Å²) in [6, 6.07) is 22.6. The molecule has 1 saturated carbocycles. The highest BCUT2D eigenvalue weighted by molar-refractivity contribution is 6.04. The van der Waals surface area contributed by atoms with Gasteiger partial charge in [-0.1, -0.05) is 30.3 Å². The largest absolute Gasteiger partial charge is 0.461 e. The van der Waals surface area contributed by atoms with E-state index in [9.17, 15) is 28.4 Å². The first-order valence-corrected chi connectivity index (χ1v) is 18.4. The van der Waals surface area contributed by atoms with Crippen LogP contribution in [0, 0.1) is 23.5 Å². The molecule has 3 aromatic carbocycles. The Bertz CT molecular complexity index is 2360. The molecule has 1 aliphatic carbocycles. The van der Waals surface area contributed by atoms with Crippen LogP contribution in [0.25, 0.3) is 5.69 Å². The second-order valence-electron chi connectivity index (χ2n) is 14.0. The Morgan fingerprint density at radius 3 is 2.34 bits per heavy atom. The monoisotopic (exact) mass is 792 g/mol. The average Bonchev–Trinajstić information content (AvgIpc) is 3.78. The van der Waals surface area contributed by atoms with E-state index in [2.05, 4.69) is 20.9 Å². The highest BCUT2D eigenvalue weighted by Gasteiger charge is 2.44. The molecule has 1 aliphatic heterocycles. The van der Waals surface area contributed by atoms with Gasteiger partial charge in [0.2, 0.25) is 0 Å². The van der Waals surface area contributed by atoms with Crippen LogP contribution in [0.2, 0.25) is 0 Å². The van der Waals surface area contributed by atoms with E-state index in [1.165, 1.54) is 84.5 Å². The fraction of sp³-hybridized carbons (Fsp3) is 0.238. The number of amides is 4. The summed E-state index contributed by atoms with van der Waals surface area (Å²) in [6.07, 6.45) is 2.93. The van der Waals surface area contributed by atoms with Gasteiger partial charge in [-0.15, -0.1) is 0 Å². The number of halogens is 2. The van der Waals surface area contributed by atoms with Gasteiger partial charge in [0.25, 0.3) is 11.5 Å². The number of urea groups is 1. The summed E-state index contributed by atoms with van der Waals surface area (Å²) in [6.45, 7) is 2.50. The number of rotatable bonds is 11. The molecule has 3 heterocycles. The van der Waals surface area contributed by atoms with Crippen molar-refractivity contribution in [2.75, 3.05) is 23.7 Å². The number of aromatic nitrogens is 2. The lowest BCUT2D eigenvalue weighted by Gasteiger charge is -2.21. The van der Waals surface area contributed by atoms with Crippen LogP contribution in [-0.4, -0.2) is 63.7 Å². The number of fused-ring (bicyclic) bond motifs is 1. The van der Waals surface area contributed by atoms with E-state index in [0.29, 0.717) is 31.6 Å². The zero-order chi connectivity index (χ0) is 40.8. The van der Waals surface area contributed by atoms with Gasteiger partial charge in [0.1, 0.15) is 41.7 Å². The van der Waals surface area contributed by atoms with Crippen molar-refractivity contribution in [1.29, 1.82) is 0 Å². The molecule has 1 saturated heterocycles. The molecule has 4 amide bonds. The van der Waals surface area contributed by atoms with E-state index in [1.54, 1.807) is 4.90 Å². The number of carbonyl (C=O) groups is 4. The first-order valence-electron chi connectivity index (χ1n) is 18.4. The number of nitrogens with zero attached hydrogens (tertiary/aromatic N) is 3. The van der Waals surface area contributed by atoms with Crippen LogP contribution >= 0.6 is 0 Å². The number of anilines is 2. The summed E-state index contributed by atoms with van der Waals surface area (Å²) >= 11 is 0. The highest BCUT2D eigenvalue weighted by Crippen LogP contribution is 2.40. The van der Waals surface area contributed by atoms with E-state index in [4.69, 9.17) is 14.2 Å². The Hall–Kier alpha value is -7.10. The minimum atomic E-state index is -0.902. The van der Waals surface area contributed by atoms with Crippen LogP contribution in [0.1, 0.15) is 35.7 Å². The van der Waals surface area contributed by atoms with E-state index in [1.807, 2.05) is 30.3 Å². The topological polar surface area (TPSA) is 170 Å². The Kier molecular flexibility index (Phi) is 11.7. The average molecular weight is 793 g/mol. The standard InChI is InChI=1S/C42H38F2N6O8/c1-25(46-42(55)56-24-26-6-3-2-4-7-26)40(53)58-33-18-27-22-49(23-28(27)19-33)41(54)48-37-21-32(15-16-45-37)57-36-14-11-30(20-35(36)44)47-38(51)34-8-5-17-50(39(34)52)31-12-9-29(43)10-13-31/h2-17,20-21,25,27-28,33H,18-19,22-24H2,1H3,(H,46,55)(H,47,51)(H,45,48,54). The molecule has 3 atom stereocenters. The van der Waals surface area contributed by atoms with Gasteiger partial charge < -0.3 is 29.7 Å². The van der Waals surface area contributed by atoms with Gasteiger partial charge >= 0.3 is 18.1 Å². The SMILES string of the molecule is CC(NC(=O)OCc1ccccc1)C(=O)OC1CC2CN(C(=O)Nc3cc(Oc4ccc(NC(=O)c5cccn(-c6ccc(F)cc6)c5=O)cc4F)ccn3)CC2C1. The number of alkyl carbamates (subject to hydrolysis) is 1. The Morgan fingerprint density at radius 2 is 1.62 bits per heavy atom. The molecule has 16 heteroatoms. The third-order valence-electron chi connectivity index (χ3n) is 9.86. The minimum absolute atomic E-state index is 0.0669.